The molecule has 98 valence electrons. The molecular formula is C12H12N4O2S. The SMILES string of the molecule is CNc1nc(C)cc(Sc2ccc([N+](=O)[O-])cc2)n1. The quantitative estimate of drug-likeness (QED) is 0.525. The van der Waals surface area contributed by atoms with Crippen LogP contribution in [0.5, 0.6) is 0 Å². The number of nitrogens with zero attached hydrogens (tertiary/aromatic N) is 3. The van der Waals surface area contributed by atoms with Crippen LogP contribution in [0.2, 0.25) is 0 Å². The van der Waals surface area contributed by atoms with Gasteiger partial charge in [-0.3, -0.25) is 10.1 Å². The number of non-ortho nitro benzene ring substituents is 1. The van der Waals surface area contributed by atoms with E-state index < -0.39 is 4.92 Å². The second-order valence-electron chi connectivity index (χ2n) is 3.77. The van der Waals surface area contributed by atoms with Crippen molar-refractivity contribution in [1.29, 1.82) is 0 Å². The summed E-state index contributed by atoms with van der Waals surface area (Å²) in [5.74, 6) is 0.560. The van der Waals surface area contributed by atoms with Gasteiger partial charge >= 0.3 is 0 Å². The van der Waals surface area contributed by atoms with Crippen LogP contribution >= 0.6 is 11.8 Å². The molecule has 0 atom stereocenters. The van der Waals surface area contributed by atoms with E-state index in [9.17, 15) is 10.1 Å². The first-order valence-electron chi connectivity index (χ1n) is 5.54. The van der Waals surface area contributed by atoms with E-state index in [0.29, 0.717) is 5.95 Å². The third-order valence-corrected chi connectivity index (χ3v) is 3.25. The van der Waals surface area contributed by atoms with Gasteiger partial charge in [-0.1, -0.05) is 11.8 Å². The summed E-state index contributed by atoms with van der Waals surface area (Å²) in [4.78, 5) is 19.6. The number of aromatic nitrogens is 2. The van der Waals surface area contributed by atoms with E-state index in [2.05, 4.69) is 15.3 Å². The lowest BCUT2D eigenvalue weighted by Crippen LogP contribution is -1.98. The van der Waals surface area contributed by atoms with Crippen LogP contribution in [0.4, 0.5) is 11.6 Å². The highest BCUT2D eigenvalue weighted by Crippen LogP contribution is 2.28. The van der Waals surface area contributed by atoms with Gasteiger partial charge in [-0.15, -0.1) is 0 Å². The molecule has 0 saturated heterocycles. The maximum absolute atomic E-state index is 10.6. The van der Waals surface area contributed by atoms with Gasteiger partial charge in [0, 0.05) is 29.8 Å². The van der Waals surface area contributed by atoms with Crippen molar-refractivity contribution in [2.75, 3.05) is 12.4 Å². The van der Waals surface area contributed by atoms with Crippen LogP contribution in [-0.2, 0) is 0 Å². The molecule has 0 bridgehead atoms. The molecule has 19 heavy (non-hydrogen) atoms. The average Bonchev–Trinajstić information content (AvgIpc) is 2.38. The average molecular weight is 276 g/mol. The highest BCUT2D eigenvalue weighted by Gasteiger charge is 2.06. The van der Waals surface area contributed by atoms with Crippen LogP contribution in [0, 0.1) is 17.0 Å². The highest BCUT2D eigenvalue weighted by atomic mass is 32.2. The van der Waals surface area contributed by atoms with Crippen LogP contribution < -0.4 is 5.32 Å². The van der Waals surface area contributed by atoms with Crippen molar-refractivity contribution in [1.82, 2.24) is 9.97 Å². The standard InChI is InChI=1S/C12H12N4O2S/c1-8-7-11(15-12(13-2)14-8)19-10-5-3-9(4-6-10)16(17)18/h3-7H,1-2H3,(H,13,14,15). The second-order valence-corrected chi connectivity index (χ2v) is 4.87. The van der Waals surface area contributed by atoms with Crippen LogP contribution in [0.3, 0.4) is 0 Å². The molecule has 7 heteroatoms. The zero-order chi connectivity index (χ0) is 13.8. The molecule has 1 N–H and O–H groups in total. The zero-order valence-corrected chi connectivity index (χ0v) is 11.3. The Bertz CT molecular complexity index is 601. The first kappa shape index (κ1) is 13.3. The third kappa shape index (κ3) is 3.41. The minimum Gasteiger partial charge on any atom is -0.357 e. The van der Waals surface area contributed by atoms with Gasteiger partial charge in [0.15, 0.2) is 0 Å². The fourth-order valence-corrected chi connectivity index (χ4v) is 2.34. The van der Waals surface area contributed by atoms with Gasteiger partial charge in [0.25, 0.3) is 5.69 Å². The summed E-state index contributed by atoms with van der Waals surface area (Å²) in [5.41, 5.74) is 0.947. The predicted octanol–water partition coefficient (Wildman–Crippen LogP) is 2.89. The Balaban J connectivity index is 2.21. The third-order valence-electron chi connectivity index (χ3n) is 2.32. The Kier molecular flexibility index (Phi) is 3.96. The summed E-state index contributed by atoms with van der Waals surface area (Å²) in [6.07, 6.45) is 0. The molecule has 0 aliphatic heterocycles. The van der Waals surface area contributed by atoms with Gasteiger partial charge in [-0.05, 0) is 25.1 Å². The van der Waals surface area contributed by atoms with Gasteiger partial charge in [-0.2, -0.15) is 0 Å². The number of nitro benzene ring substituents is 1. The van der Waals surface area contributed by atoms with Crippen LogP contribution in [0.25, 0.3) is 0 Å². The lowest BCUT2D eigenvalue weighted by atomic mass is 10.3. The highest BCUT2D eigenvalue weighted by molar-refractivity contribution is 7.99. The van der Waals surface area contributed by atoms with Crippen LogP contribution in [0.1, 0.15) is 5.69 Å². The molecule has 0 aliphatic rings. The Morgan fingerprint density at radius 2 is 1.95 bits per heavy atom. The van der Waals surface area contributed by atoms with E-state index >= 15 is 0 Å². The van der Waals surface area contributed by atoms with Gasteiger partial charge in [0.05, 0.1) is 4.92 Å². The lowest BCUT2D eigenvalue weighted by Gasteiger charge is -2.04. The Labute approximate surface area is 114 Å². The fraction of sp³-hybridized carbons (Fsp3) is 0.167. The van der Waals surface area contributed by atoms with Crippen molar-refractivity contribution in [3.8, 4) is 0 Å². The Hall–Kier alpha value is -2.15. The van der Waals surface area contributed by atoms with Gasteiger partial charge < -0.3 is 5.32 Å². The van der Waals surface area contributed by atoms with Crippen molar-refractivity contribution >= 4 is 23.4 Å². The Morgan fingerprint density at radius 3 is 2.53 bits per heavy atom. The monoisotopic (exact) mass is 276 g/mol. The van der Waals surface area contributed by atoms with Crippen LogP contribution in [-0.4, -0.2) is 21.9 Å². The minimum absolute atomic E-state index is 0.0825. The molecular weight excluding hydrogens is 264 g/mol. The van der Waals surface area contributed by atoms with Gasteiger partial charge in [0.2, 0.25) is 5.95 Å². The normalized spacial score (nSPS) is 10.2. The largest absolute Gasteiger partial charge is 0.357 e. The van der Waals surface area contributed by atoms with E-state index in [1.54, 1.807) is 19.2 Å². The van der Waals surface area contributed by atoms with E-state index in [0.717, 1.165) is 15.6 Å². The summed E-state index contributed by atoms with van der Waals surface area (Å²) >= 11 is 1.44. The van der Waals surface area contributed by atoms with E-state index in [-0.39, 0.29) is 5.69 Å². The molecule has 1 heterocycles. The molecule has 0 saturated carbocycles. The summed E-state index contributed by atoms with van der Waals surface area (Å²) < 4.78 is 0. The van der Waals surface area contributed by atoms with Gasteiger partial charge in [-0.25, -0.2) is 9.97 Å². The number of nitrogens with one attached hydrogen (secondary N) is 1. The topological polar surface area (TPSA) is 81.0 Å². The predicted molar refractivity (Wildman–Crippen MR) is 73.5 cm³/mol. The molecule has 0 amide bonds. The molecule has 0 fully saturated rings. The van der Waals surface area contributed by atoms with Crippen LogP contribution in [0.15, 0.2) is 40.3 Å². The summed E-state index contributed by atoms with van der Waals surface area (Å²) in [6.45, 7) is 1.89. The van der Waals surface area contributed by atoms with E-state index in [1.807, 2.05) is 13.0 Å². The number of hydrogen-bond acceptors (Lipinski definition) is 6. The molecule has 0 radical (unpaired) electrons. The molecule has 1 aromatic carbocycles. The summed E-state index contributed by atoms with van der Waals surface area (Å²) in [6, 6.07) is 8.25. The number of hydrogen-bond donors (Lipinski definition) is 1. The molecule has 2 aromatic rings. The second kappa shape index (κ2) is 5.66. The number of benzene rings is 1. The van der Waals surface area contributed by atoms with Crippen molar-refractivity contribution in [2.24, 2.45) is 0 Å². The molecule has 0 spiro atoms. The van der Waals surface area contributed by atoms with Gasteiger partial charge in [0.1, 0.15) is 5.03 Å². The minimum atomic E-state index is -0.414. The molecule has 2 rings (SSSR count). The fourth-order valence-electron chi connectivity index (χ4n) is 1.46. The molecule has 6 nitrogen and oxygen atoms in total. The maximum atomic E-state index is 10.6. The number of nitro groups is 1. The lowest BCUT2D eigenvalue weighted by molar-refractivity contribution is -0.384. The Morgan fingerprint density at radius 1 is 1.26 bits per heavy atom. The number of rotatable bonds is 4. The first-order valence-corrected chi connectivity index (χ1v) is 6.36. The summed E-state index contributed by atoms with van der Waals surface area (Å²) in [5, 5.41) is 14.3. The molecule has 0 aliphatic carbocycles. The van der Waals surface area contributed by atoms with Crippen molar-refractivity contribution < 1.29 is 4.92 Å². The zero-order valence-electron chi connectivity index (χ0n) is 10.5. The van der Waals surface area contributed by atoms with Crippen molar-refractivity contribution in [2.45, 2.75) is 16.8 Å². The van der Waals surface area contributed by atoms with Crippen molar-refractivity contribution in [3.05, 3.63) is 46.1 Å². The number of anilines is 1. The number of aryl methyl sites for hydroxylation is 1. The molecule has 0 unspecified atom stereocenters. The summed E-state index contributed by atoms with van der Waals surface area (Å²) in [7, 11) is 1.76. The van der Waals surface area contributed by atoms with Crippen molar-refractivity contribution in [3.63, 3.8) is 0 Å². The maximum Gasteiger partial charge on any atom is 0.269 e. The van der Waals surface area contributed by atoms with E-state index in [4.69, 9.17) is 0 Å². The molecule has 1 aromatic heterocycles. The first-order chi connectivity index (χ1) is 9.08. The smallest absolute Gasteiger partial charge is 0.269 e. The van der Waals surface area contributed by atoms with E-state index in [1.165, 1.54) is 23.9 Å².